The Morgan fingerprint density at radius 1 is 0.500 bits per heavy atom. The van der Waals surface area contributed by atoms with Crippen molar-refractivity contribution in [1.82, 2.24) is 0 Å². The third-order valence-corrected chi connectivity index (χ3v) is 3.56. The van der Waals surface area contributed by atoms with E-state index in [0.717, 1.165) is 17.1 Å². The molecule has 0 spiro atoms. The molecule has 2 heteroatoms. The predicted molar refractivity (Wildman–Crippen MR) is 119 cm³/mol. The van der Waals surface area contributed by atoms with E-state index in [1.165, 1.54) is 5.56 Å². The minimum Gasteiger partial charge on any atom is -0.488 e. The Kier molecular flexibility index (Phi) is 7.28. The standard InChI is InChI=1S/C16H18O.C10H14O/c1-16(2,3)17-15-12-8-7-11-14(15)13-9-5-4-6-10-13;1-10(2,3)11-9-7-5-4-6-8-9/h4-12H,1-3H3;4-8H,1-3H3. The van der Waals surface area contributed by atoms with Crippen LogP contribution in [0.2, 0.25) is 0 Å². The van der Waals surface area contributed by atoms with Crippen molar-refractivity contribution in [2.75, 3.05) is 0 Å². The summed E-state index contributed by atoms with van der Waals surface area (Å²) >= 11 is 0. The molecule has 0 N–H and O–H groups in total. The number of benzene rings is 3. The second kappa shape index (κ2) is 9.45. The minimum absolute atomic E-state index is 0.0959. The van der Waals surface area contributed by atoms with Crippen LogP contribution in [0.15, 0.2) is 84.9 Å². The van der Waals surface area contributed by atoms with Gasteiger partial charge >= 0.3 is 0 Å². The lowest BCUT2D eigenvalue weighted by Gasteiger charge is -2.23. The lowest BCUT2D eigenvalue weighted by atomic mass is 10.0. The van der Waals surface area contributed by atoms with Gasteiger partial charge in [0, 0.05) is 5.56 Å². The summed E-state index contributed by atoms with van der Waals surface area (Å²) in [5.41, 5.74) is 2.06. The summed E-state index contributed by atoms with van der Waals surface area (Å²) in [5.74, 6) is 1.87. The molecule has 3 aromatic carbocycles. The summed E-state index contributed by atoms with van der Waals surface area (Å²) in [4.78, 5) is 0. The molecule has 0 amide bonds. The van der Waals surface area contributed by atoms with Crippen molar-refractivity contribution >= 4 is 0 Å². The van der Waals surface area contributed by atoms with E-state index < -0.39 is 0 Å². The Morgan fingerprint density at radius 3 is 1.50 bits per heavy atom. The maximum atomic E-state index is 5.99. The Hall–Kier alpha value is -2.74. The van der Waals surface area contributed by atoms with Gasteiger partial charge in [0.2, 0.25) is 0 Å². The van der Waals surface area contributed by atoms with E-state index in [4.69, 9.17) is 9.47 Å². The van der Waals surface area contributed by atoms with E-state index in [0.29, 0.717) is 0 Å². The number of rotatable bonds is 3. The van der Waals surface area contributed by atoms with Gasteiger partial charge in [-0.3, -0.25) is 0 Å². The Labute approximate surface area is 170 Å². The normalized spacial score (nSPS) is 11.2. The number of ether oxygens (including phenoxy) is 2. The van der Waals surface area contributed by atoms with Gasteiger partial charge in [0.05, 0.1) is 0 Å². The summed E-state index contributed by atoms with van der Waals surface area (Å²) in [7, 11) is 0. The number of hydrogen-bond acceptors (Lipinski definition) is 2. The average Bonchev–Trinajstić information content (AvgIpc) is 2.62. The lowest BCUT2D eigenvalue weighted by molar-refractivity contribution is 0.130. The van der Waals surface area contributed by atoms with E-state index in [9.17, 15) is 0 Å². The van der Waals surface area contributed by atoms with E-state index in [1.807, 2.05) is 87.5 Å². The first-order valence-electron chi connectivity index (χ1n) is 9.72. The molecule has 0 heterocycles. The van der Waals surface area contributed by atoms with E-state index >= 15 is 0 Å². The quantitative estimate of drug-likeness (QED) is 0.474. The highest BCUT2D eigenvalue weighted by atomic mass is 16.5. The topological polar surface area (TPSA) is 18.5 Å². The van der Waals surface area contributed by atoms with Crippen LogP contribution in [0, 0.1) is 0 Å². The first-order chi connectivity index (χ1) is 13.1. The van der Waals surface area contributed by atoms with Gasteiger partial charge in [-0.05, 0) is 65.3 Å². The summed E-state index contributed by atoms with van der Waals surface area (Å²) in [6, 6.07) is 28.3. The summed E-state index contributed by atoms with van der Waals surface area (Å²) in [6.45, 7) is 12.3. The minimum atomic E-state index is -0.176. The lowest BCUT2D eigenvalue weighted by Crippen LogP contribution is -2.23. The van der Waals surface area contributed by atoms with Crippen molar-refractivity contribution in [2.45, 2.75) is 52.7 Å². The van der Waals surface area contributed by atoms with Gasteiger partial charge < -0.3 is 9.47 Å². The number of para-hydroxylation sites is 2. The molecule has 0 aromatic heterocycles. The van der Waals surface area contributed by atoms with Crippen LogP contribution in [0.25, 0.3) is 11.1 Å². The van der Waals surface area contributed by atoms with Gasteiger partial charge in [-0.1, -0.05) is 66.7 Å². The third-order valence-electron chi connectivity index (χ3n) is 3.56. The Balaban J connectivity index is 0.000000221. The molecule has 0 bridgehead atoms. The van der Waals surface area contributed by atoms with Crippen LogP contribution in [0.4, 0.5) is 0 Å². The van der Waals surface area contributed by atoms with Crippen molar-refractivity contribution in [1.29, 1.82) is 0 Å². The maximum Gasteiger partial charge on any atom is 0.127 e. The molecule has 2 nitrogen and oxygen atoms in total. The fourth-order valence-corrected chi connectivity index (χ4v) is 2.58. The molecule has 0 aliphatic carbocycles. The highest BCUT2D eigenvalue weighted by molar-refractivity contribution is 5.70. The van der Waals surface area contributed by atoms with Crippen molar-refractivity contribution < 1.29 is 9.47 Å². The monoisotopic (exact) mass is 376 g/mol. The summed E-state index contributed by atoms with van der Waals surface area (Å²) < 4.78 is 11.6. The SMILES string of the molecule is CC(C)(C)Oc1ccccc1.CC(C)(C)Oc1ccccc1-c1ccccc1. The Bertz CT molecular complexity index is 826. The molecule has 28 heavy (non-hydrogen) atoms. The molecular weight excluding hydrogens is 344 g/mol. The van der Waals surface area contributed by atoms with Crippen LogP contribution in [-0.4, -0.2) is 11.2 Å². The van der Waals surface area contributed by atoms with Crippen LogP contribution < -0.4 is 9.47 Å². The van der Waals surface area contributed by atoms with Gasteiger partial charge in [-0.25, -0.2) is 0 Å². The molecule has 3 rings (SSSR count). The average molecular weight is 377 g/mol. The van der Waals surface area contributed by atoms with E-state index in [-0.39, 0.29) is 11.2 Å². The van der Waals surface area contributed by atoms with E-state index in [1.54, 1.807) is 0 Å². The van der Waals surface area contributed by atoms with Gasteiger partial charge in [-0.15, -0.1) is 0 Å². The van der Waals surface area contributed by atoms with Crippen molar-refractivity contribution in [3.8, 4) is 22.6 Å². The van der Waals surface area contributed by atoms with Crippen LogP contribution in [-0.2, 0) is 0 Å². The van der Waals surface area contributed by atoms with Gasteiger partial charge in [-0.2, -0.15) is 0 Å². The summed E-state index contributed by atoms with van der Waals surface area (Å²) in [6.07, 6.45) is 0. The molecule has 0 unspecified atom stereocenters. The molecule has 0 saturated carbocycles. The van der Waals surface area contributed by atoms with Crippen LogP contribution in [0.3, 0.4) is 0 Å². The first kappa shape index (κ1) is 21.6. The largest absolute Gasteiger partial charge is 0.488 e. The molecule has 0 aliphatic rings. The molecule has 148 valence electrons. The zero-order valence-corrected chi connectivity index (χ0v) is 17.9. The maximum absolute atomic E-state index is 5.99. The highest BCUT2D eigenvalue weighted by Crippen LogP contribution is 2.31. The number of hydrogen-bond donors (Lipinski definition) is 0. The predicted octanol–water partition coefficient (Wildman–Crippen LogP) is 7.39. The molecule has 0 fully saturated rings. The van der Waals surface area contributed by atoms with Crippen molar-refractivity contribution in [2.24, 2.45) is 0 Å². The van der Waals surface area contributed by atoms with Crippen LogP contribution in [0.1, 0.15) is 41.5 Å². The van der Waals surface area contributed by atoms with Crippen LogP contribution in [0.5, 0.6) is 11.5 Å². The fourth-order valence-electron chi connectivity index (χ4n) is 2.58. The molecule has 0 saturated heterocycles. The smallest absolute Gasteiger partial charge is 0.127 e. The molecule has 0 atom stereocenters. The van der Waals surface area contributed by atoms with E-state index in [2.05, 4.69) is 39.0 Å². The Morgan fingerprint density at radius 2 is 0.964 bits per heavy atom. The van der Waals surface area contributed by atoms with Gasteiger partial charge in [0.1, 0.15) is 22.7 Å². The molecular formula is C26H32O2. The van der Waals surface area contributed by atoms with Crippen LogP contribution >= 0.6 is 0 Å². The zero-order valence-electron chi connectivity index (χ0n) is 17.9. The van der Waals surface area contributed by atoms with Crippen molar-refractivity contribution in [3.63, 3.8) is 0 Å². The van der Waals surface area contributed by atoms with Gasteiger partial charge in [0.25, 0.3) is 0 Å². The zero-order chi connectivity index (χ0) is 20.6. The highest BCUT2D eigenvalue weighted by Gasteiger charge is 2.14. The second-order valence-corrected chi connectivity index (χ2v) is 8.60. The first-order valence-corrected chi connectivity index (χ1v) is 9.72. The molecule has 0 radical (unpaired) electrons. The summed E-state index contributed by atoms with van der Waals surface area (Å²) in [5, 5.41) is 0. The van der Waals surface area contributed by atoms with Gasteiger partial charge in [0.15, 0.2) is 0 Å². The van der Waals surface area contributed by atoms with Crippen molar-refractivity contribution in [3.05, 3.63) is 84.9 Å². The third kappa shape index (κ3) is 7.87. The molecule has 3 aromatic rings. The second-order valence-electron chi connectivity index (χ2n) is 8.60. The fraction of sp³-hybridized carbons (Fsp3) is 0.308. The molecule has 0 aliphatic heterocycles.